The minimum atomic E-state index is -0.640. The Morgan fingerprint density at radius 1 is 1.42 bits per heavy atom. The van der Waals surface area contributed by atoms with Crippen molar-refractivity contribution in [2.24, 2.45) is 5.84 Å². The first kappa shape index (κ1) is 14.0. The fraction of sp³-hybridized carbons (Fsp3) is 0.333. The third kappa shape index (κ3) is 2.94. The molecule has 2 aromatic rings. The molecule has 0 saturated heterocycles. The van der Waals surface area contributed by atoms with E-state index in [2.05, 4.69) is 15.0 Å². The lowest BCUT2D eigenvalue weighted by Crippen LogP contribution is -2.29. The summed E-state index contributed by atoms with van der Waals surface area (Å²) in [7, 11) is 0. The highest BCUT2D eigenvalue weighted by atomic mass is 32.1. The van der Waals surface area contributed by atoms with E-state index in [9.17, 15) is 8.78 Å². The van der Waals surface area contributed by atoms with Crippen molar-refractivity contribution in [3.63, 3.8) is 0 Å². The molecule has 1 aromatic carbocycles. The molecule has 1 heterocycles. The lowest BCUT2D eigenvalue weighted by atomic mass is 10.0. The molecule has 0 bridgehead atoms. The van der Waals surface area contributed by atoms with Crippen LogP contribution in [0.2, 0.25) is 0 Å². The Balaban J connectivity index is 2.41. The second kappa shape index (κ2) is 6.14. The Morgan fingerprint density at radius 3 is 2.84 bits per heavy atom. The van der Waals surface area contributed by atoms with E-state index in [1.54, 1.807) is 0 Å². The van der Waals surface area contributed by atoms with Crippen LogP contribution in [0.1, 0.15) is 35.5 Å². The van der Waals surface area contributed by atoms with Crippen molar-refractivity contribution >= 4 is 11.5 Å². The van der Waals surface area contributed by atoms with E-state index in [1.165, 1.54) is 23.7 Å². The minimum Gasteiger partial charge on any atom is -0.271 e. The molecule has 7 heteroatoms. The predicted octanol–water partition coefficient (Wildman–Crippen LogP) is 2.32. The number of nitrogens with zero attached hydrogens (tertiary/aromatic N) is 2. The molecule has 0 aliphatic heterocycles. The van der Waals surface area contributed by atoms with Crippen molar-refractivity contribution < 1.29 is 8.78 Å². The second-order valence-corrected chi connectivity index (χ2v) is 4.89. The Morgan fingerprint density at radius 2 is 2.21 bits per heavy atom. The average Bonchev–Trinajstić information content (AvgIpc) is 2.82. The van der Waals surface area contributed by atoms with E-state index in [0.29, 0.717) is 0 Å². The molecule has 1 atom stereocenters. The van der Waals surface area contributed by atoms with Gasteiger partial charge in [-0.1, -0.05) is 23.9 Å². The normalized spacial score (nSPS) is 12.6. The van der Waals surface area contributed by atoms with Crippen LogP contribution in [-0.2, 0) is 6.42 Å². The fourth-order valence-corrected chi connectivity index (χ4v) is 2.66. The average molecular weight is 284 g/mol. The van der Waals surface area contributed by atoms with Gasteiger partial charge in [0, 0.05) is 11.6 Å². The van der Waals surface area contributed by atoms with Gasteiger partial charge in [-0.2, -0.15) is 0 Å². The maximum atomic E-state index is 13.8. The molecule has 0 amide bonds. The van der Waals surface area contributed by atoms with Crippen LogP contribution >= 0.6 is 11.5 Å². The monoisotopic (exact) mass is 284 g/mol. The molecule has 102 valence electrons. The SMILES string of the molecule is CCCc1nnsc1C(NN)c1ccc(F)cc1F. The van der Waals surface area contributed by atoms with Crippen molar-refractivity contribution in [2.45, 2.75) is 25.8 Å². The van der Waals surface area contributed by atoms with Crippen LogP contribution in [0.4, 0.5) is 8.78 Å². The highest BCUT2D eigenvalue weighted by Gasteiger charge is 2.22. The number of aromatic nitrogens is 2. The lowest BCUT2D eigenvalue weighted by molar-refractivity contribution is 0.542. The van der Waals surface area contributed by atoms with Gasteiger partial charge in [-0.05, 0) is 24.0 Å². The van der Waals surface area contributed by atoms with Crippen LogP contribution in [0.3, 0.4) is 0 Å². The Hall–Kier alpha value is -1.44. The molecule has 1 aromatic heterocycles. The molecule has 0 aliphatic carbocycles. The van der Waals surface area contributed by atoms with Crippen LogP contribution in [0.25, 0.3) is 0 Å². The van der Waals surface area contributed by atoms with Gasteiger partial charge in [-0.15, -0.1) is 5.10 Å². The zero-order valence-electron chi connectivity index (χ0n) is 10.4. The number of nitrogens with one attached hydrogen (secondary N) is 1. The summed E-state index contributed by atoms with van der Waals surface area (Å²) in [5.41, 5.74) is 3.62. The zero-order chi connectivity index (χ0) is 13.8. The van der Waals surface area contributed by atoms with Gasteiger partial charge in [-0.25, -0.2) is 14.2 Å². The number of hydrogen-bond donors (Lipinski definition) is 2. The summed E-state index contributed by atoms with van der Waals surface area (Å²) in [6.07, 6.45) is 1.65. The first-order valence-electron chi connectivity index (χ1n) is 5.89. The number of rotatable bonds is 5. The molecule has 3 N–H and O–H groups in total. The van der Waals surface area contributed by atoms with Gasteiger partial charge in [0.25, 0.3) is 0 Å². The molecule has 0 spiro atoms. The van der Waals surface area contributed by atoms with Gasteiger partial charge in [0.15, 0.2) is 0 Å². The molecule has 1 unspecified atom stereocenters. The molecule has 4 nitrogen and oxygen atoms in total. The first-order chi connectivity index (χ1) is 9.17. The molecular formula is C12H14F2N4S. The molecule has 0 aliphatic rings. The summed E-state index contributed by atoms with van der Waals surface area (Å²) in [5.74, 6) is 4.25. The third-order valence-electron chi connectivity index (χ3n) is 2.77. The van der Waals surface area contributed by atoms with Crippen molar-refractivity contribution in [3.05, 3.63) is 46.0 Å². The summed E-state index contributed by atoms with van der Waals surface area (Å²) >= 11 is 1.17. The first-order valence-corrected chi connectivity index (χ1v) is 6.67. The number of aryl methyl sites for hydroxylation is 1. The number of hydrogen-bond acceptors (Lipinski definition) is 5. The van der Waals surface area contributed by atoms with E-state index in [0.717, 1.165) is 29.5 Å². The van der Waals surface area contributed by atoms with Gasteiger partial charge in [0.1, 0.15) is 11.6 Å². The quantitative estimate of drug-likeness (QED) is 0.653. The van der Waals surface area contributed by atoms with Crippen LogP contribution in [0.15, 0.2) is 18.2 Å². The summed E-state index contributed by atoms with van der Waals surface area (Å²) in [6, 6.07) is 2.86. The molecule has 19 heavy (non-hydrogen) atoms. The number of benzene rings is 1. The maximum absolute atomic E-state index is 13.8. The minimum absolute atomic E-state index is 0.285. The molecule has 0 saturated carbocycles. The highest BCUT2D eigenvalue weighted by Crippen LogP contribution is 2.29. The van der Waals surface area contributed by atoms with E-state index >= 15 is 0 Å². The zero-order valence-corrected chi connectivity index (χ0v) is 11.2. The van der Waals surface area contributed by atoms with Crippen LogP contribution in [-0.4, -0.2) is 9.59 Å². The van der Waals surface area contributed by atoms with Crippen LogP contribution < -0.4 is 11.3 Å². The fourth-order valence-electron chi connectivity index (χ4n) is 1.89. The number of hydrazine groups is 1. The van der Waals surface area contributed by atoms with Crippen molar-refractivity contribution in [1.29, 1.82) is 0 Å². The van der Waals surface area contributed by atoms with Crippen molar-refractivity contribution in [3.8, 4) is 0 Å². The Labute approximate surface area is 113 Å². The topological polar surface area (TPSA) is 63.8 Å². The molecular weight excluding hydrogens is 270 g/mol. The predicted molar refractivity (Wildman–Crippen MR) is 69.4 cm³/mol. The highest BCUT2D eigenvalue weighted by molar-refractivity contribution is 7.05. The molecule has 0 fully saturated rings. The molecule has 2 rings (SSSR count). The van der Waals surface area contributed by atoms with E-state index < -0.39 is 17.7 Å². The van der Waals surface area contributed by atoms with E-state index in [-0.39, 0.29) is 5.56 Å². The van der Waals surface area contributed by atoms with Crippen LogP contribution in [0, 0.1) is 11.6 Å². The summed E-state index contributed by atoms with van der Waals surface area (Å²) in [4.78, 5) is 0.759. The second-order valence-electron chi connectivity index (χ2n) is 4.10. The lowest BCUT2D eigenvalue weighted by Gasteiger charge is -2.16. The summed E-state index contributed by atoms with van der Waals surface area (Å²) in [5, 5.41) is 4.02. The molecule has 0 radical (unpaired) electrons. The van der Waals surface area contributed by atoms with Crippen molar-refractivity contribution in [1.82, 2.24) is 15.0 Å². The van der Waals surface area contributed by atoms with E-state index in [4.69, 9.17) is 5.84 Å². The van der Waals surface area contributed by atoms with Gasteiger partial charge >= 0.3 is 0 Å². The third-order valence-corrected chi connectivity index (χ3v) is 3.61. The van der Waals surface area contributed by atoms with Gasteiger partial charge in [-0.3, -0.25) is 5.84 Å². The smallest absolute Gasteiger partial charge is 0.131 e. The van der Waals surface area contributed by atoms with Gasteiger partial charge in [0.05, 0.1) is 16.6 Å². The Kier molecular flexibility index (Phi) is 4.52. The standard InChI is InChI=1S/C12H14F2N4S/c1-2-3-10-12(19-18-17-10)11(16-15)8-5-4-7(13)6-9(8)14/h4-6,11,16H,2-3,15H2,1H3. The number of nitrogens with two attached hydrogens (primary N) is 1. The maximum Gasteiger partial charge on any atom is 0.131 e. The van der Waals surface area contributed by atoms with E-state index in [1.807, 2.05) is 6.92 Å². The Bertz CT molecular complexity index is 558. The summed E-state index contributed by atoms with van der Waals surface area (Å²) in [6.45, 7) is 2.02. The van der Waals surface area contributed by atoms with Crippen molar-refractivity contribution in [2.75, 3.05) is 0 Å². The number of halogens is 2. The van der Waals surface area contributed by atoms with Crippen LogP contribution in [0.5, 0.6) is 0 Å². The van der Waals surface area contributed by atoms with Gasteiger partial charge < -0.3 is 0 Å². The largest absolute Gasteiger partial charge is 0.271 e. The van der Waals surface area contributed by atoms with Gasteiger partial charge in [0.2, 0.25) is 0 Å². The summed E-state index contributed by atoms with van der Waals surface area (Å²) < 4.78 is 30.7.